The molecule has 1 fully saturated rings. The third-order valence-corrected chi connectivity index (χ3v) is 5.02. The van der Waals surface area contributed by atoms with E-state index in [1.54, 1.807) is 0 Å². The van der Waals surface area contributed by atoms with E-state index in [9.17, 15) is 0 Å². The summed E-state index contributed by atoms with van der Waals surface area (Å²) >= 11 is 6.47. The zero-order chi connectivity index (χ0) is 12.0. The van der Waals surface area contributed by atoms with Crippen molar-refractivity contribution in [2.75, 3.05) is 13.1 Å². The van der Waals surface area contributed by atoms with Gasteiger partial charge in [-0.2, -0.15) is 0 Å². The number of hydrogen-bond donors (Lipinski definition) is 1. The molecule has 1 heterocycles. The molecule has 1 saturated heterocycles. The topological polar surface area (TPSA) is 12.0 Å². The summed E-state index contributed by atoms with van der Waals surface area (Å²) in [6, 6.07) is 4.37. The van der Waals surface area contributed by atoms with Gasteiger partial charge >= 0.3 is 0 Å². The Bertz CT molecular complexity index is 480. The number of nitrogens with one attached hydrogen (secondary N) is 1. The highest BCUT2D eigenvalue weighted by Gasteiger charge is 2.43. The van der Waals surface area contributed by atoms with Crippen LogP contribution < -0.4 is 5.32 Å². The van der Waals surface area contributed by atoms with E-state index in [2.05, 4.69) is 31.0 Å². The summed E-state index contributed by atoms with van der Waals surface area (Å²) < 4.78 is 0. The van der Waals surface area contributed by atoms with Crippen molar-refractivity contribution in [2.24, 2.45) is 5.41 Å². The number of halogens is 1. The lowest BCUT2D eigenvalue weighted by molar-refractivity contribution is 0.277. The summed E-state index contributed by atoms with van der Waals surface area (Å²) in [7, 11) is 0. The van der Waals surface area contributed by atoms with Crippen molar-refractivity contribution in [1.82, 2.24) is 5.32 Å². The standard InChI is InChI=1S/C15H18ClN/c1-3-10-4-5-11-12(14(10)16)6-7-15(2)9-17-8-13(11)15/h3-5,13,17H,1,6-9H2,2H3/t13-,15-/m0/s1. The van der Waals surface area contributed by atoms with E-state index in [4.69, 9.17) is 11.6 Å². The molecule has 3 rings (SSSR count). The Balaban J connectivity index is 2.14. The Kier molecular flexibility index (Phi) is 2.57. The number of hydrogen-bond acceptors (Lipinski definition) is 1. The van der Waals surface area contributed by atoms with Gasteiger partial charge in [0.1, 0.15) is 0 Å². The van der Waals surface area contributed by atoms with Gasteiger partial charge in [-0.25, -0.2) is 0 Å². The summed E-state index contributed by atoms with van der Waals surface area (Å²) in [5.74, 6) is 0.627. The monoisotopic (exact) mass is 247 g/mol. The van der Waals surface area contributed by atoms with Crippen LogP contribution in [0.15, 0.2) is 18.7 Å². The second-order valence-corrected chi connectivity index (χ2v) is 5.96. The minimum atomic E-state index is 0.423. The fourth-order valence-electron chi connectivity index (χ4n) is 3.42. The first kappa shape index (κ1) is 11.3. The minimum absolute atomic E-state index is 0.423. The highest BCUT2D eigenvalue weighted by atomic mass is 35.5. The molecule has 1 aromatic rings. The second kappa shape index (κ2) is 3.86. The highest BCUT2D eigenvalue weighted by Crippen LogP contribution is 2.49. The summed E-state index contributed by atoms with van der Waals surface area (Å²) in [5.41, 5.74) is 4.31. The maximum atomic E-state index is 6.47. The summed E-state index contributed by atoms with van der Waals surface area (Å²) in [6.45, 7) is 8.45. The molecule has 1 aromatic carbocycles. The van der Waals surface area contributed by atoms with Crippen LogP contribution in [-0.4, -0.2) is 13.1 Å². The van der Waals surface area contributed by atoms with Crippen LogP contribution >= 0.6 is 11.6 Å². The predicted molar refractivity (Wildman–Crippen MR) is 73.6 cm³/mol. The van der Waals surface area contributed by atoms with Gasteiger partial charge in [-0.1, -0.05) is 43.3 Å². The fraction of sp³-hybridized carbons (Fsp3) is 0.467. The van der Waals surface area contributed by atoms with Crippen LogP contribution in [0.4, 0.5) is 0 Å². The predicted octanol–water partition coefficient (Wildman–Crippen LogP) is 3.62. The van der Waals surface area contributed by atoms with Gasteiger partial charge in [0.15, 0.2) is 0 Å². The molecule has 0 amide bonds. The Morgan fingerprint density at radius 3 is 3.12 bits per heavy atom. The van der Waals surface area contributed by atoms with Crippen molar-refractivity contribution >= 4 is 17.7 Å². The van der Waals surface area contributed by atoms with Crippen LogP contribution in [0, 0.1) is 5.41 Å². The van der Waals surface area contributed by atoms with E-state index in [1.807, 2.05) is 6.08 Å². The molecule has 0 radical (unpaired) electrons. The molecule has 2 atom stereocenters. The van der Waals surface area contributed by atoms with Crippen molar-refractivity contribution in [3.63, 3.8) is 0 Å². The van der Waals surface area contributed by atoms with Gasteiger partial charge in [-0.05, 0) is 34.9 Å². The lowest BCUT2D eigenvalue weighted by atomic mass is 9.67. The van der Waals surface area contributed by atoms with E-state index in [1.165, 1.54) is 17.5 Å². The molecule has 0 aromatic heterocycles. The van der Waals surface area contributed by atoms with Gasteiger partial charge in [0.2, 0.25) is 0 Å². The van der Waals surface area contributed by atoms with Crippen LogP contribution in [0.5, 0.6) is 0 Å². The summed E-state index contributed by atoms with van der Waals surface area (Å²) in [4.78, 5) is 0. The minimum Gasteiger partial charge on any atom is -0.316 e. The highest BCUT2D eigenvalue weighted by molar-refractivity contribution is 6.33. The molecule has 0 spiro atoms. The average molecular weight is 248 g/mol. The fourth-order valence-corrected chi connectivity index (χ4v) is 3.77. The van der Waals surface area contributed by atoms with Crippen molar-refractivity contribution in [3.05, 3.63) is 40.4 Å². The van der Waals surface area contributed by atoms with Crippen LogP contribution in [0.25, 0.3) is 6.08 Å². The summed E-state index contributed by atoms with van der Waals surface area (Å²) in [5, 5.41) is 4.45. The molecule has 0 saturated carbocycles. The third-order valence-electron chi connectivity index (χ3n) is 4.57. The van der Waals surface area contributed by atoms with Gasteiger partial charge in [0.05, 0.1) is 5.02 Å². The van der Waals surface area contributed by atoms with Crippen molar-refractivity contribution in [2.45, 2.75) is 25.7 Å². The molecule has 0 bridgehead atoms. The van der Waals surface area contributed by atoms with Crippen molar-refractivity contribution in [1.29, 1.82) is 0 Å². The molecule has 2 aliphatic rings. The second-order valence-electron chi connectivity index (χ2n) is 5.58. The zero-order valence-electron chi connectivity index (χ0n) is 10.2. The summed E-state index contributed by atoms with van der Waals surface area (Å²) in [6.07, 6.45) is 4.19. The lowest BCUT2D eigenvalue weighted by Crippen LogP contribution is -2.30. The van der Waals surface area contributed by atoms with Gasteiger partial charge < -0.3 is 5.32 Å². The molecule has 1 aliphatic heterocycles. The Labute approximate surface area is 108 Å². The van der Waals surface area contributed by atoms with E-state index in [0.717, 1.165) is 30.1 Å². The molecule has 90 valence electrons. The molecular formula is C15H18ClN. The van der Waals surface area contributed by atoms with Crippen LogP contribution in [0.3, 0.4) is 0 Å². The maximum Gasteiger partial charge on any atom is 0.0513 e. The van der Waals surface area contributed by atoms with Gasteiger partial charge in [-0.3, -0.25) is 0 Å². The van der Waals surface area contributed by atoms with Crippen LogP contribution in [0.2, 0.25) is 5.02 Å². The Morgan fingerprint density at radius 2 is 2.35 bits per heavy atom. The van der Waals surface area contributed by atoms with E-state index < -0.39 is 0 Å². The van der Waals surface area contributed by atoms with Crippen molar-refractivity contribution in [3.8, 4) is 0 Å². The molecule has 1 N–H and O–H groups in total. The molecule has 1 aliphatic carbocycles. The van der Waals surface area contributed by atoms with E-state index >= 15 is 0 Å². The molecular weight excluding hydrogens is 230 g/mol. The van der Waals surface area contributed by atoms with Crippen molar-refractivity contribution < 1.29 is 0 Å². The third kappa shape index (κ3) is 1.56. The number of fused-ring (bicyclic) bond motifs is 3. The smallest absolute Gasteiger partial charge is 0.0513 e. The van der Waals surface area contributed by atoms with Gasteiger partial charge in [0.25, 0.3) is 0 Å². The van der Waals surface area contributed by atoms with Crippen LogP contribution in [0.1, 0.15) is 36.0 Å². The zero-order valence-corrected chi connectivity index (χ0v) is 11.0. The van der Waals surface area contributed by atoms with Crippen LogP contribution in [-0.2, 0) is 6.42 Å². The Morgan fingerprint density at radius 1 is 1.53 bits per heavy atom. The molecule has 2 heteroatoms. The Hall–Kier alpha value is -0.790. The molecule has 0 unspecified atom stereocenters. The largest absolute Gasteiger partial charge is 0.316 e. The maximum absolute atomic E-state index is 6.47. The first-order valence-electron chi connectivity index (χ1n) is 6.30. The molecule has 1 nitrogen and oxygen atoms in total. The normalized spacial score (nSPS) is 30.8. The first-order chi connectivity index (χ1) is 8.15. The van der Waals surface area contributed by atoms with E-state index in [0.29, 0.717) is 11.3 Å². The number of benzene rings is 1. The molecule has 17 heavy (non-hydrogen) atoms. The lowest BCUT2D eigenvalue weighted by Gasteiger charge is -2.37. The van der Waals surface area contributed by atoms with Gasteiger partial charge in [-0.15, -0.1) is 0 Å². The average Bonchev–Trinajstić information content (AvgIpc) is 2.71. The number of rotatable bonds is 1. The van der Waals surface area contributed by atoms with Gasteiger partial charge in [0, 0.05) is 19.0 Å². The SMILES string of the molecule is C=Cc1ccc2c(c1Cl)CC[C@@]1(C)CNC[C@@H]21. The quantitative estimate of drug-likeness (QED) is 0.799. The first-order valence-corrected chi connectivity index (χ1v) is 6.68. The van der Waals surface area contributed by atoms with E-state index in [-0.39, 0.29) is 0 Å².